The van der Waals surface area contributed by atoms with E-state index >= 15 is 0 Å². The maximum Gasteiger partial charge on any atom is 0.236 e. The molecule has 0 rings (SSSR count). The van der Waals surface area contributed by atoms with Gasteiger partial charge in [0, 0.05) is 12.6 Å². The highest BCUT2D eigenvalue weighted by molar-refractivity contribution is 5.81. The lowest BCUT2D eigenvalue weighted by atomic mass is 10.0. The molecular formula is C12H26N2O. The van der Waals surface area contributed by atoms with Crippen LogP contribution in [-0.4, -0.2) is 24.5 Å². The molecule has 90 valence electrons. The van der Waals surface area contributed by atoms with Gasteiger partial charge in [-0.25, -0.2) is 0 Å². The summed E-state index contributed by atoms with van der Waals surface area (Å²) in [6.07, 6.45) is 2.09. The number of rotatable bonds is 7. The highest BCUT2D eigenvalue weighted by atomic mass is 16.2. The van der Waals surface area contributed by atoms with Crippen LogP contribution >= 0.6 is 0 Å². The molecule has 0 aliphatic carbocycles. The lowest BCUT2D eigenvalue weighted by Gasteiger charge is -2.20. The van der Waals surface area contributed by atoms with Gasteiger partial charge in [-0.3, -0.25) is 4.79 Å². The quantitative estimate of drug-likeness (QED) is 0.680. The summed E-state index contributed by atoms with van der Waals surface area (Å²) in [7, 11) is 0. The van der Waals surface area contributed by atoms with E-state index in [4.69, 9.17) is 0 Å². The molecule has 0 heterocycles. The molecular weight excluding hydrogens is 188 g/mol. The Hall–Kier alpha value is -0.570. The Morgan fingerprint density at radius 3 is 2.27 bits per heavy atom. The SMILES string of the molecule is CCCNC(=O)C(C)NC(C)CC(C)C. The smallest absolute Gasteiger partial charge is 0.236 e. The molecule has 2 unspecified atom stereocenters. The van der Waals surface area contributed by atoms with Crippen molar-refractivity contribution in [3.63, 3.8) is 0 Å². The molecule has 2 N–H and O–H groups in total. The Bertz CT molecular complexity index is 180. The van der Waals surface area contributed by atoms with E-state index in [-0.39, 0.29) is 11.9 Å². The molecule has 3 heteroatoms. The highest BCUT2D eigenvalue weighted by Gasteiger charge is 2.14. The minimum Gasteiger partial charge on any atom is -0.355 e. The van der Waals surface area contributed by atoms with E-state index in [0.717, 1.165) is 19.4 Å². The van der Waals surface area contributed by atoms with Crippen LogP contribution < -0.4 is 10.6 Å². The van der Waals surface area contributed by atoms with Crippen molar-refractivity contribution >= 4 is 5.91 Å². The van der Waals surface area contributed by atoms with E-state index in [9.17, 15) is 4.79 Å². The number of carbonyl (C=O) groups excluding carboxylic acids is 1. The molecule has 1 amide bonds. The van der Waals surface area contributed by atoms with Gasteiger partial charge in [0.05, 0.1) is 6.04 Å². The first-order valence-corrected chi connectivity index (χ1v) is 6.01. The van der Waals surface area contributed by atoms with Crippen LogP contribution in [0.15, 0.2) is 0 Å². The van der Waals surface area contributed by atoms with Crippen LogP contribution in [0, 0.1) is 5.92 Å². The van der Waals surface area contributed by atoms with Crippen molar-refractivity contribution in [3.05, 3.63) is 0 Å². The normalized spacial score (nSPS) is 15.1. The summed E-state index contributed by atoms with van der Waals surface area (Å²) in [5.41, 5.74) is 0. The molecule has 0 fully saturated rings. The number of hydrogen-bond acceptors (Lipinski definition) is 2. The van der Waals surface area contributed by atoms with Crippen LogP contribution in [0.1, 0.15) is 47.5 Å². The summed E-state index contributed by atoms with van der Waals surface area (Å²) in [5, 5.41) is 6.20. The van der Waals surface area contributed by atoms with E-state index in [0.29, 0.717) is 12.0 Å². The minimum absolute atomic E-state index is 0.0923. The maximum absolute atomic E-state index is 11.5. The molecule has 0 saturated carbocycles. The van der Waals surface area contributed by atoms with Crippen molar-refractivity contribution in [2.24, 2.45) is 5.92 Å². The first-order valence-electron chi connectivity index (χ1n) is 6.01. The van der Waals surface area contributed by atoms with Crippen molar-refractivity contribution in [1.82, 2.24) is 10.6 Å². The summed E-state index contributed by atoms with van der Waals surface area (Å²) in [6, 6.07) is 0.303. The number of hydrogen-bond donors (Lipinski definition) is 2. The molecule has 0 aromatic heterocycles. The molecule has 0 spiro atoms. The van der Waals surface area contributed by atoms with Gasteiger partial charge in [-0.1, -0.05) is 20.8 Å². The van der Waals surface area contributed by atoms with Gasteiger partial charge in [0.25, 0.3) is 0 Å². The van der Waals surface area contributed by atoms with E-state index < -0.39 is 0 Å². The Labute approximate surface area is 94.0 Å². The van der Waals surface area contributed by atoms with Crippen LogP contribution in [0.5, 0.6) is 0 Å². The first kappa shape index (κ1) is 14.4. The van der Waals surface area contributed by atoms with E-state index in [1.165, 1.54) is 0 Å². The predicted molar refractivity (Wildman–Crippen MR) is 64.8 cm³/mol. The van der Waals surface area contributed by atoms with Gasteiger partial charge in [-0.2, -0.15) is 0 Å². The Balaban J connectivity index is 3.79. The van der Waals surface area contributed by atoms with Crippen molar-refractivity contribution in [3.8, 4) is 0 Å². The maximum atomic E-state index is 11.5. The molecule has 0 aromatic carbocycles. The third kappa shape index (κ3) is 7.37. The van der Waals surface area contributed by atoms with Crippen molar-refractivity contribution in [1.29, 1.82) is 0 Å². The molecule has 3 nitrogen and oxygen atoms in total. The predicted octanol–water partition coefficient (Wildman–Crippen LogP) is 1.93. The summed E-state index contributed by atoms with van der Waals surface area (Å²) >= 11 is 0. The van der Waals surface area contributed by atoms with Gasteiger partial charge < -0.3 is 10.6 Å². The number of nitrogens with one attached hydrogen (secondary N) is 2. The number of amides is 1. The van der Waals surface area contributed by atoms with Gasteiger partial charge in [-0.15, -0.1) is 0 Å². The summed E-state index contributed by atoms with van der Waals surface area (Å²) < 4.78 is 0. The van der Waals surface area contributed by atoms with Crippen LogP contribution in [0.4, 0.5) is 0 Å². The standard InChI is InChI=1S/C12H26N2O/c1-6-7-13-12(15)11(5)14-10(4)8-9(2)3/h9-11,14H,6-8H2,1-5H3,(H,13,15). The molecule has 0 saturated heterocycles. The summed E-state index contributed by atoms with van der Waals surface area (Å²) in [5.74, 6) is 0.769. The monoisotopic (exact) mass is 214 g/mol. The zero-order valence-corrected chi connectivity index (χ0v) is 10.8. The Kier molecular flexibility index (Phi) is 7.39. The van der Waals surface area contributed by atoms with E-state index in [1.54, 1.807) is 0 Å². The van der Waals surface area contributed by atoms with Crippen molar-refractivity contribution in [2.45, 2.75) is 59.5 Å². The van der Waals surface area contributed by atoms with Gasteiger partial charge in [0.1, 0.15) is 0 Å². The van der Waals surface area contributed by atoms with Crippen LogP contribution in [0.2, 0.25) is 0 Å². The van der Waals surface area contributed by atoms with Crippen LogP contribution in [-0.2, 0) is 4.79 Å². The third-order valence-electron chi connectivity index (χ3n) is 2.30. The lowest BCUT2D eigenvalue weighted by Crippen LogP contribution is -2.46. The average molecular weight is 214 g/mol. The third-order valence-corrected chi connectivity index (χ3v) is 2.30. The Morgan fingerprint density at radius 2 is 1.80 bits per heavy atom. The summed E-state index contributed by atoms with van der Waals surface area (Å²) in [6.45, 7) is 11.3. The van der Waals surface area contributed by atoms with Gasteiger partial charge in [-0.05, 0) is 32.6 Å². The molecule has 0 aromatic rings. The topological polar surface area (TPSA) is 41.1 Å². The largest absolute Gasteiger partial charge is 0.355 e. The second-order valence-electron chi connectivity index (χ2n) is 4.71. The van der Waals surface area contributed by atoms with Crippen molar-refractivity contribution < 1.29 is 4.79 Å². The van der Waals surface area contributed by atoms with E-state index in [1.807, 2.05) is 6.92 Å². The second kappa shape index (κ2) is 7.69. The highest BCUT2D eigenvalue weighted by Crippen LogP contribution is 2.04. The fraction of sp³-hybridized carbons (Fsp3) is 0.917. The average Bonchev–Trinajstić information content (AvgIpc) is 2.12. The molecule has 0 aliphatic heterocycles. The Morgan fingerprint density at radius 1 is 1.20 bits per heavy atom. The minimum atomic E-state index is -0.0923. The molecule has 2 atom stereocenters. The van der Waals surface area contributed by atoms with Gasteiger partial charge in [0.2, 0.25) is 5.91 Å². The fourth-order valence-corrected chi connectivity index (χ4v) is 1.68. The van der Waals surface area contributed by atoms with Crippen LogP contribution in [0.3, 0.4) is 0 Å². The fourth-order valence-electron chi connectivity index (χ4n) is 1.68. The zero-order chi connectivity index (χ0) is 11.8. The molecule has 0 bridgehead atoms. The van der Waals surface area contributed by atoms with E-state index in [2.05, 4.69) is 38.3 Å². The lowest BCUT2D eigenvalue weighted by molar-refractivity contribution is -0.122. The molecule has 15 heavy (non-hydrogen) atoms. The van der Waals surface area contributed by atoms with Gasteiger partial charge >= 0.3 is 0 Å². The summed E-state index contributed by atoms with van der Waals surface area (Å²) in [4.78, 5) is 11.5. The molecule has 0 radical (unpaired) electrons. The number of carbonyl (C=O) groups is 1. The van der Waals surface area contributed by atoms with Crippen molar-refractivity contribution in [2.75, 3.05) is 6.54 Å². The molecule has 0 aliphatic rings. The van der Waals surface area contributed by atoms with Gasteiger partial charge in [0.15, 0.2) is 0 Å². The first-order chi connectivity index (χ1) is 6.97. The zero-order valence-electron chi connectivity index (χ0n) is 10.8. The second-order valence-corrected chi connectivity index (χ2v) is 4.71. The van der Waals surface area contributed by atoms with Crippen LogP contribution in [0.25, 0.3) is 0 Å².